The SMILES string of the molecule is CC(C)(C)OC(=O)N1CCN(c2ccn3ncc(C(=O)Nc4cn(C5CCC(CO)CC5)nc4C(F)F)c3n2)CC1. The second kappa shape index (κ2) is 11.6. The molecule has 4 heterocycles. The third kappa shape index (κ3) is 6.42. The topological polar surface area (TPSA) is 130 Å². The van der Waals surface area contributed by atoms with Gasteiger partial charge in [-0.1, -0.05) is 0 Å². The quantitative estimate of drug-likeness (QED) is 0.454. The van der Waals surface area contributed by atoms with Gasteiger partial charge in [0.05, 0.1) is 17.9 Å². The first-order chi connectivity index (χ1) is 19.5. The van der Waals surface area contributed by atoms with E-state index in [0.717, 1.165) is 25.7 Å². The fourth-order valence-corrected chi connectivity index (χ4v) is 5.27. The molecule has 3 aromatic heterocycles. The third-order valence-electron chi connectivity index (χ3n) is 7.52. The van der Waals surface area contributed by atoms with Crippen LogP contribution in [0.5, 0.6) is 0 Å². The predicted octanol–water partition coefficient (Wildman–Crippen LogP) is 3.90. The molecular formula is C27H36F2N8O4. The van der Waals surface area contributed by atoms with Gasteiger partial charge in [-0.05, 0) is 58.4 Å². The number of anilines is 2. The van der Waals surface area contributed by atoms with E-state index in [1.165, 1.54) is 21.6 Å². The van der Waals surface area contributed by atoms with Gasteiger partial charge in [0.1, 0.15) is 17.0 Å². The van der Waals surface area contributed by atoms with Crippen LogP contribution in [0, 0.1) is 5.92 Å². The monoisotopic (exact) mass is 574 g/mol. The highest BCUT2D eigenvalue weighted by atomic mass is 19.3. The number of nitrogens with one attached hydrogen (secondary N) is 1. The van der Waals surface area contributed by atoms with E-state index < -0.39 is 23.6 Å². The van der Waals surface area contributed by atoms with Crippen LogP contribution in [0.15, 0.2) is 24.7 Å². The molecule has 2 amide bonds. The van der Waals surface area contributed by atoms with Gasteiger partial charge < -0.3 is 25.0 Å². The second-order valence-corrected chi connectivity index (χ2v) is 11.6. The molecule has 0 spiro atoms. The summed E-state index contributed by atoms with van der Waals surface area (Å²) in [7, 11) is 0. The number of carbonyl (C=O) groups excluding carboxylic acids is 2. The normalized spacial score (nSPS) is 20.1. The summed E-state index contributed by atoms with van der Waals surface area (Å²) in [5.41, 5.74) is -0.703. The molecule has 0 unspecified atom stereocenters. The highest BCUT2D eigenvalue weighted by Crippen LogP contribution is 2.34. The number of amides is 2. The molecule has 222 valence electrons. The van der Waals surface area contributed by atoms with Gasteiger partial charge in [0.25, 0.3) is 12.3 Å². The van der Waals surface area contributed by atoms with Gasteiger partial charge in [-0.3, -0.25) is 9.48 Å². The lowest BCUT2D eigenvalue weighted by atomic mass is 9.87. The average Bonchev–Trinajstić information content (AvgIpc) is 3.56. The van der Waals surface area contributed by atoms with Crippen LogP contribution in [0.2, 0.25) is 0 Å². The number of hydrogen-bond donors (Lipinski definition) is 2. The minimum atomic E-state index is -2.87. The number of alkyl halides is 2. The van der Waals surface area contributed by atoms with Crippen molar-refractivity contribution < 1.29 is 28.2 Å². The van der Waals surface area contributed by atoms with E-state index >= 15 is 0 Å². The van der Waals surface area contributed by atoms with Crippen molar-refractivity contribution in [2.45, 2.75) is 64.5 Å². The first-order valence-corrected chi connectivity index (χ1v) is 13.9. The largest absolute Gasteiger partial charge is 0.444 e. The summed E-state index contributed by atoms with van der Waals surface area (Å²) in [6.45, 7) is 7.55. The fourth-order valence-electron chi connectivity index (χ4n) is 5.27. The number of carbonyl (C=O) groups is 2. The van der Waals surface area contributed by atoms with Crippen molar-refractivity contribution in [3.63, 3.8) is 0 Å². The number of aliphatic hydroxyl groups is 1. The first kappa shape index (κ1) is 28.7. The van der Waals surface area contributed by atoms with E-state index in [9.17, 15) is 23.5 Å². The Hall–Kier alpha value is -3.81. The van der Waals surface area contributed by atoms with Crippen molar-refractivity contribution in [2.75, 3.05) is 43.0 Å². The molecule has 14 heteroatoms. The van der Waals surface area contributed by atoms with E-state index in [1.54, 1.807) is 17.2 Å². The lowest BCUT2D eigenvalue weighted by Gasteiger charge is -2.36. The number of nitrogens with zero attached hydrogens (tertiary/aromatic N) is 7. The molecule has 0 atom stereocenters. The summed E-state index contributed by atoms with van der Waals surface area (Å²) in [6.07, 6.45) is 4.28. The first-order valence-electron chi connectivity index (χ1n) is 13.9. The van der Waals surface area contributed by atoms with Crippen LogP contribution < -0.4 is 10.2 Å². The maximum absolute atomic E-state index is 13.9. The van der Waals surface area contributed by atoms with E-state index in [2.05, 4.69) is 20.5 Å². The van der Waals surface area contributed by atoms with Crippen LogP contribution >= 0.6 is 0 Å². The Balaban J connectivity index is 1.29. The Kier molecular flexibility index (Phi) is 8.11. The van der Waals surface area contributed by atoms with Crippen molar-refractivity contribution in [3.8, 4) is 0 Å². The predicted molar refractivity (Wildman–Crippen MR) is 146 cm³/mol. The van der Waals surface area contributed by atoms with Crippen LogP contribution in [0.3, 0.4) is 0 Å². The molecule has 1 aliphatic heterocycles. The highest BCUT2D eigenvalue weighted by molar-refractivity contribution is 6.08. The van der Waals surface area contributed by atoms with Crippen LogP contribution in [-0.4, -0.2) is 84.8 Å². The number of halogens is 2. The number of ether oxygens (including phenoxy) is 1. The highest BCUT2D eigenvalue weighted by Gasteiger charge is 2.29. The molecule has 1 saturated carbocycles. The fraction of sp³-hybridized carbons (Fsp3) is 0.593. The van der Waals surface area contributed by atoms with Crippen LogP contribution in [0.4, 0.5) is 25.1 Å². The summed E-state index contributed by atoms with van der Waals surface area (Å²) in [5, 5.41) is 20.3. The smallest absolute Gasteiger partial charge is 0.410 e. The van der Waals surface area contributed by atoms with Crippen molar-refractivity contribution in [3.05, 3.63) is 35.9 Å². The second-order valence-electron chi connectivity index (χ2n) is 11.6. The van der Waals surface area contributed by atoms with Gasteiger partial charge in [-0.25, -0.2) is 23.1 Å². The molecule has 2 fully saturated rings. The number of aliphatic hydroxyl groups excluding tert-OH is 1. The zero-order valence-corrected chi connectivity index (χ0v) is 23.5. The Morgan fingerprint density at radius 3 is 2.49 bits per heavy atom. The number of hydrogen-bond acceptors (Lipinski definition) is 8. The Morgan fingerprint density at radius 2 is 1.85 bits per heavy atom. The molecule has 0 radical (unpaired) electrons. The van der Waals surface area contributed by atoms with Crippen molar-refractivity contribution >= 4 is 29.2 Å². The molecule has 12 nitrogen and oxygen atoms in total. The maximum atomic E-state index is 13.9. The van der Waals surface area contributed by atoms with E-state index in [0.29, 0.717) is 32.0 Å². The zero-order chi connectivity index (χ0) is 29.3. The Morgan fingerprint density at radius 1 is 1.15 bits per heavy atom. The molecule has 1 saturated heterocycles. The van der Waals surface area contributed by atoms with Crippen LogP contribution in [0.1, 0.15) is 75.0 Å². The van der Waals surface area contributed by atoms with Gasteiger partial charge in [-0.2, -0.15) is 10.2 Å². The molecular weight excluding hydrogens is 538 g/mol. The Labute approximate surface area is 236 Å². The third-order valence-corrected chi connectivity index (χ3v) is 7.52. The van der Waals surface area contributed by atoms with Gasteiger partial charge in [0, 0.05) is 45.2 Å². The van der Waals surface area contributed by atoms with Gasteiger partial charge in [0.15, 0.2) is 11.3 Å². The molecule has 1 aliphatic carbocycles. The average molecular weight is 575 g/mol. The lowest BCUT2D eigenvalue weighted by Crippen LogP contribution is -2.50. The number of rotatable bonds is 6. The molecule has 2 N–H and O–H groups in total. The zero-order valence-electron chi connectivity index (χ0n) is 23.5. The van der Waals surface area contributed by atoms with Gasteiger partial charge in [-0.15, -0.1) is 0 Å². The van der Waals surface area contributed by atoms with Crippen LogP contribution in [-0.2, 0) is 4.74 Å². The number of fused-ring (bicyclic) bond motifs is 1. The van der Waals surface area contributed by atoms with Crippen molar-refractivity contribution in [2.24, 2.45) is 5.92 Å². The number of piperazine rings is 1. The molecule has 2 aliphatic rings. The number of aromatic nitrogens is 5. The minimum Gasteiger partial charge on any atom is -0.444 e. The van der Waals surface area contributed by atoms with Crippen molar-refractivity contribution in [1.82, 2.24) is 29.3 Å². The van der Waals surface area contributed by atoms with Gasteiger partial charge in [0.2, 0.25) is 0 Å². The molecule has 3 aromatic rings. The van der Waals surface area contributed by atoms with E-state index in [1.807, 2.05) is 25.7 Å². The standard InChI is InChI=1S/C27H36F2N8O4/c1-27(2,3)41-26(40)35-12-10-34(11-13-35)21-8-9-36-24(32-21)19(14-30-36)25(39)31-20-15-37(33-22(20)23(28)29)18-6-4-17(16-38)5-7-18/h8-9,14-15,17-18,23,38H,4-7,10-13,16H2,1-3H3,(H,31,39). The summed E-state index contributed by atoms with van der Waals surface area (Å²) < 4.78 is 36.1. The Bertz CT molecular complexity index is 1390. The summed E-state index contributed by atoms with van der Waals surface area (Å²) >= 11 is 0. The lowest BCUT2D eigenvalue weighted by molar-refractivity contribution is 0.0240. The van der Waals surface area contributed by atoms with E-state index in [4.69, 9.17) is 4.74 Å². The summed E-state index contributed by atoms with van der Waals surface area (Å²) in [6, 6.07) is 1.70. The van der Waals surface area contributed by atoms with Crippen LogP contribution in [0.25, 0.3) is 5.65 Å². The molecule has 0 aromatic carbocycles. The molecule has 0 bridgehead atoms. The minimum absolute atomic E-state index is 0.0527. The van der Waals surface area contributed by atoms with Gasteiger partial charge >= 0.3 is 6.09 Å². The maximum Gasteiger partial charge on any atom is 0.410 e. The van der Waals surface area contributed by atoms with Crippen molar-refractivity contribution in [1.29, 1.82) is 0 Å². The van der Waals surface area contributed by atoms with E-state index in [-0.39, 0.29) is 41.6 Å². The molecule has 41 heavy (non-hydrogen) atoms. The summed E-state index contributed by atoms with van der Waals surface area (Å²) in [5.74, 6) is 0.206. The molecule has 5 rings (SSSR count). The summed E-state index contributed by atoms with van der Waals surface area (Å²) in [4.78, 5) is 34.0.